The molecule has 0 aromatic heterocycles. The van der Waals surface area contributed by atoms with E-state index in [1.165, 1.54) is 32.9 Å². The van der Waals surface area contributed by atoms with Crippen molar-refractivity contribution in [2.45, 2.75) is 160 Å². The number of nitrogens with one attached hydrogen (secondary N) is 1. The normalized spacial score (nSPS) is 34.2. The average molecular weight is 924 g/mol. The van der Waals surface area contributed by atoms with Crippen LogP contribution < -0.4 is 5.32 Å². The molecule has 0 radical (unpaired) electrons. The van der Waals surface area contributed by atoms with Gasteiger partial charge in [-0.2, -0.15) is 0 Å². The number of amides is 1. The summed E-state index contributed by atoms with van der Waals surface area (Å²) < 4.78 is 36.2. The number of hydrogen-bond acceptors (Lipinski definition) is 16. The molecular weight excluding hydrogens is 859 g/mol. The molecule has 0 spiro atoms. The summed E-state index contributed by atoms with van der Waals surface area (Å²) in [7, 11) is 0. The van der Waals surface area contributed by atoms with E-state index in [4.69, 9.17) is 28.4 Å². The third-order valence-electron chi connectivity index (χ3n) is 14.5. The van der Waals surface area contributed by atoms with Crippen LogP contribution in [0.2, 0.25) is 0 Å². The molecule has 2 bridgehead atoms. The number of aliphatic hydroxyl groups excluding tert-OH is 3. The molecule has 1 amide bonds. The van der Waals surface area contributed by atoms with E-state index in [1.807, 2.05) is 0 Å². The Morgan fingerprint density at radius 1 is 0.894 bits per heavy atom. The first kappa shape index (κ1) is 50.5. The van der Waals surface area contributed by atoms with Crippen molar-refractivity contribution in [3.8, 4) is 0 Å². The molecule has 14 atom stereocenters. The minimum Gasteiger partial charge on any atom is -0.459 e. The van der Waals surface area contributed by atoms with Gasteiger partial charge in [0.15, 0.2) is 5.60 Å². The quantitative estimate of drug-likeness (QED) is 0.139. The molecule has 3 saturated carbocycles. The molecule has 3 aliphatic carbocycles. The standard InChI is InChI=1S/C49H65NO16/c1-26(51)17-16-22-34(54)63-38(36(29-18-12-10-13-19-29)50-44(59)66-45(4,5)6)43(58)62-31-24-49(60)41(64-42(57)30-20-14-11-15-21-30)39-47(9,40(56)37(55)35(27(31)2)46(49,7)8)32(53)23-33-48(39,25-61-33)65-28(3)52/h10-15,18-21,27,31-33,35-41,53,55-56,60H,16-17,22-25H2,1-9H3,(H,50,59)/t27-,31+,32+,33-,35?,36+,37-,38-,39+,40-,41+,47-,48+,49-/m1/s1. The third kappa shape index (κ3) is 9.46. The maximum absolute atomic E-state index is 15.0. The van der Waals surface area contributed by atoms with E-state index in [0.29, 0.717) is 5.56 Å². The third-order valence-corrected chi connectivity index (χ3v) is 14.5. The Labute approximate surface area is 384 Å². The van der Waals surface area contributed by atoms with Crippen LogP contribution in [0.25, 0.3) is 0 Å². The van der Waals surface area contributed by atoms with Crippen LogP contribution >= 0.6 is 0 Å². The molecular formula is C49H65NO16. The van der Waals surface area contributed by atoms with Crippen LogP contribution in [0.1, 0.15) is 116 Å². The molecule has 17 nitrogen and oxygen atoms in total. The Hall–Kier alpha value is -4.94. The lowest BCUT2D eigenvalue weighted by molar-refractivity contribution is -0.379. The summed E-state index contributed by atoms with van der Waals surface area (Å²) in [6, 6.07) is 14.7. The van der Waals surface area contributed by atoms with Gasteiger partial charge in [-0.05, 0) is 57.7 Å². The second-order valence-electron chi connectivity index (χ2n) is 20.3. The van der Waals surface area contributed by atoms with Crippen molar-refractivity contribution in [3.63, 3.8) is 0 Å². The van der Waals surface area contributed by atoms with Crippen LogP contribution in [-0.4, -0.2) is 122 Å². The number of benzene rings is 2. The van der Waals surface area contributed by atoms with Gasteiger partial charge in [-0.15, -0.1) is 0 Å². The van der Waals surface area contributed by atoms with Gasteiger partial charge in [0, 0.05) is 49.4 Å². The highest BCUT2D eigenvalue weighted by atomic mass is 16.6. The lowest BCUT2D eigenvalue weighted by Crippen LogP contribution is -2.83. The van der Waals surface area contributed by atoms with E-state index in [-0.39, 0.29) is 43.6 Å². The molecule has 66 heavy (non-hydrogen) atoms. The molecule has 1 aliphatic heterocycles. The Morgan fingerprint density at radius 3 is 2.08 bits per heavy atom. The minimum atomic E-state index is -2.33. The highest BCUT2D eigenvalue weighted by Gasteiger charge is 2.79. The number of ether oxygens (including phenoxy) is 6. The molecule has 17 heteroatoms. The lowest BCUT2D eigenvalue weighted by atomic mass is 9.42. The van der Waals surface area contributed by atoms with Gasteiger partial charge in [0.2, 0.25) is 6.10 Å². The Bertz CT molecular complexity index is 2130. The summed E-state index contributed by atoms with van der Waals surface area (Å²) in [5.74, 6) is -7.43. The van der Waals surface area contributed by atoms with E-state index in [0.717, 1.165) is 0 Å². The molecule has 6 rings (SSSR count). The number of ketones is 1. The summed E-state index contributed by atoms with van der Waals surface area (Å²) in [5, 5.41) is 53.5. The van der Waals surface area contributed by atoms with Crippen molar-refractivity contribution in [3.05, 3.63) is 71.8 Å². The fourth-order valence-corrected chi connectivity index (χ4v) is 11.1. The molecule has 1 unspecified atom stereocenters. The van der Waals surface area contributed by atoms with Gasteiger partial charge < -0.3 is 59.0 Å². The summed E-state index contributed by atoms with van der Waals surface area (Å²) in [6.45, 7) is 13.6. The minimum absolute atomic E-state index is 0.0602. The molecule has 2 aromatic rings. The maximum Gasteiger partial charge on any atom is 0.408 e. The summed E-state index contributed by atoms with van der Waals surface area (Å²) in [6.07, 6.45) is -12.8. The van der Waals surface area contributed by atoms with Crippen LogP contribution in [0.5, 0.6) is 0 Å². The van der Waals surface area contributed by atoms with Crippen LogP contribution in [0.3, 0.4) is 0 Å². The first-order valence-electron chi connectivity index (χ1n) is 22.6. The number of esters is 4. The molecule has 362 valence electrons. The first-order valence-corrected chi connectivity index (χ1v) is 22.6. The van der Waals surface area contributed by atoms with Crippen molar-refractivity contribution in [1.82, 2.24) is 5.32 Å². The van der Waals surface area contributed by atoms with Gasteiger partial charge in [-0.1, -0.05) is 76.2 Å². The van der Waals surface area contributed by atoms with E-state index in [9.17, 15) is 49.2 Å². The Kier molecular flexibility index (Phi) is 14.5. The zero-order valence-electron chi connectivity index (χ0n) is 39.1. The number of aliphatic hydroxyl groups is 4. The smallest absolute Gasteiger partial charge is 0.408 e. The predicted octanol–water partition coefficient (Wildman–Crippen LogP) is 4.30. The second-order valence-corrected chi connectivity index (χ2v) is 20.3. The van der Waals surface area contributed by atoms with Gasteiger partial charge >= 0.3 is 30.0 Å². The number of rotatable bonds is 13. The first-order chi connectivity index (χ1) is 30.8. The predicted molar refractivity (Wildman–Crippen MR) is 233 cm³/mol. The second kappa shape index (κ2) is 19.0. The highest BCUT2D eigenvalue weighted by molar-refractivity contribution is 5.89. The van der Waals surface area contributed by atoms with Crippen LogP contribution in [0.15, 0.2) is 60.7 Å². The van der Waals surface area contributed by atoms with Gasteiger partial charge in [0.1, 0.15) is 41.3 Å². The summed E-state index contributed by atoms with van der Waals surface area (Å²) in [5.41, 5.74) is -7.96. The van der Waals surface area contributed by atoms with Crippen LogP contribution in [0, 0.1) is 28.6 Å². The molecule has 1 saturated heterocycles. The monoisotopic (exact) mass is 923 g/mol. The van der Waals surface area contributed by atoms with E-state index in [1.54, 1.807) is 90.1 Å². The van der Waals surface area contributed by atoms with Gasteiger partial charge in [0.05, 0.1) is 36.4 Å². The molecule has 5 N–H and O–H groups in total. The fourth-order valence-electron chi connectivity index (χ4n) is 11.1. The van der Waals surface area contributed by atoms with Crippen molar-refractivity contribution < 1.29 is 77.6 Å². The Balaban J connectivity index is 1.49. The number of alkyl carbamates (subject to hydrolysis) is 1. The van der Waals surface area contributed by atoms with Crippen molar-refractivity contribution >= 4 is 35.8 Å². The largest absolute Gasteiger partial charge is 0.459 e. The number of carbonyl (C=O) groups is 6. The number of carbonyl (C=O) groups excluding carboxylic acids is 6. The molecule has 2 aromatic carbocycles. The van der Waals surface area contributed by atoms with E-state index in [2.05, 4.69) is 5.32 Å². The number of fused-ring (bicyclic) bond motifs is 5. The van der Waals surface area contributed by atoms with Crippen LogP contribution in [0.4, 0.5) is 4.79 Å². The number of Topliss-reactive ketones (excluding diaryl/α,β-unsaturated/α-hetero) is 1. The molecule has 1 heterocycles. The number of hydrogen-bond donors (Lipinski definition) is 5. The Morgan fingerprint density at radius 2 is 1.52 bits per heavy atom. The van der Waals surface area contributed by atoms with E-state index < -0.39 is 131 Å². The topological polar surface area (TPSA) is 251 Å². The fraction of sp³-hybridized carbons (Fsp3) is 0.633. The molecule has 4 fully saturated rings. The molecule has 4 aliphatic rings. The summed E-state index contributed by atoms with van der Waals surface area (Å²) >= 11 is 0. The van der Waals surface area contributed by atoms with Gasteiger partial charge in [-0.25, -0.2) is 14.4 Å². The summed E-state index contributed by atoms with van der Waals surface area (Å²) in [4.78, 5) is 81.0. The zero-order valence-corrected chi connectivity index (χ0v) is 39.1. The van der Waals surface area contributed by atoms with Crippen molar-refractivity contribution in [2.75, 3.05) is 6.61 Å². The van der Waals surface area contributed by atoms with Crippen molar-refractivity contribution in [1.29, 1.82) is 0 Å². The van der Waals surface area contributed by atoms with E-state index >= 15 is 0 Å². The van der Waals surface area contributed by atoms with Crippen molar-refractivity contribution in [2.24, 2.45) is 28.6 Å². The maximum atomic E-state index is 15.0. The SMILES string of the molecule is CC(=O)CCCC(=O)O[C@@H](C(=O)O[C@H]1C[C@@]2(O)[C@@H](OC(=O)c3ccccc3)[C@@H]3[C@]4(OC(C)=O)CO[C@@H]4C[C@H](O)[C@@]3(C)[C@H](O)[C@H](O)C([C@@H]1C)C2(C)C)[C@@H](NC(=O)OC(C)(C)C)c1ccccc1. The van der Waals surface area contributed by atoms with Gasteiger partial charge in [0.25, 0.3) is 0 Å². The van der Waals surface area contributed by atoms with Gasteiger partial charge in [-0.3, -0.25) is 9.59 Å². The van der Waals surface area contributed by atoms with Crippen LogP contribution in [-0.2, 0) is 47.6 Å². The lowest BCUT2D eigenvalue weighted by Gasteiger charge is -2.70. The average Bonchev–Trinajstić information content (AvgIpc) is 3.23. The highest BCUT2D eigenvalue weighted by Crippen LogP contribution is 2.66. The zero-order chi connectivity index (χ0) is 48.7.